The zero-order valence-electron chi connectivity index (χ0n) is 20.1. The lowest BCUT2D eigenvalue weighted by Crippen LogP contribution is -2.39. The van der Waals surface area contributed by atoms with Crippen molar-refractivity contribution in [2.75, 3.05) is 38.2 Å². The zero-order valence-corrected chi connectivity index (χ0v) is 21.8. The van der Waals surface area contributed by atoms with Gasteiger partial charge in [-0.05, 0) is 49.5 Å². The summed E-state index contributed by atoms with van der Waals surface area (Å²) < 4.78 is 12.6. The monoisotopic (exact) mass is 511 g/mol. The van der Waals surface area contributed by atoms with Crippen molar-refractivity contribution in [1.82, 2.24) is 9.88 Å². The molecule has 0 saturated heterocycles. The number of halogens is 1. The van der Waals surface area contributed by atoms with Gasteiger partial charge in [0.2, 0.25) is 0 Å². The van der Waals surface area contributed by atoms with Gasteiger partial charge >= 0.3 is 0 Å². The molecule has 0 aliphatic carbocycles. The Morgan fingerprint density at radius 2 is 1.57 bits per heavy atom. The Hall–Kier alpha value is -3.13. The number of nitrogens with zero attached hydrogens (tertiary/aromatic N) is 3. The van der Waals surface area contributed by atoms with Crippen molar-refractivity contribution in [3.63, 3.8) is 0 Å². The molecule has 0 atom stereocenters. The van der Waals surface area contributed by atoms with Crippen molar-refractivity contribution in [1.29, 1.82) is 0 Å². The second-order valence-electron chi connectivity index (χ2n) is 7.70. The maximum atomic E-state index is 13.9. The third kappa shape index (κ3) is 6.11. The first-order valence-corrected chi connectivity index (χ1v) is 12.3. The number of carbonyl (C=O) groups excluding carboxylic acids is 1. The minimum absolute atomic E-state index is 0. The number of thiazole rings is 1. The van der Waals surface area contributed by atoms with E-state index in [-0.39, 0.29) is 18.3 Å². The summed E-state index contributed by atoms with van der Waals surface area (Å²) in [7, 11) is 1.63. The first kappa shape index (κ1) is 26.5. The Bertz CT molecular complexity index is 1240. The summed E-state index contributed by atoms with van der Waals surface area (Å²) in [5, 5.41) is 0.645. The normalized spacial score (nSPS) is 10.7. The largest absolute Gasteiger partial charge is 0.494 e. The summed E-state index contributed by atoms with van der Waals surface area (Å²) >= 11 is 1.49. The van der Waals surface area contributed by atoms with E-state index in [1.165, 1.54) is 11.3 Å². The maximum Gasteiger partial charge on any atom is 0.263 e. The standard InChI is InChI=1S/C27H29N3O3S.ClH/c1-4-29(5-2)18-19-30(27-28-25-23(32-3)16-11-17-24(25)34-27)26(31)21-14-9-10-15-22(21)33-20-12-7-6-8-13-20;/h6-17H,4-5,18-19H2,1-3H3;1H. The average Bonchev–Trinajstić information content (AvgIpc) is 3.31. The van der Waals surface area contributed by atoms with E-state index in [0.717, 1.165) is 29.9 Å². The van der Waals surface area contributed by atoms with Crippen LogP contribution in [-0.4, -0.2) is 49.1 Å². The van der Waals surface area contributed by atoms with Gasteiger partial charge in [0.1, 0.15) is 22.8 Å². The number of ether oxygens (including phenoxy) is 2. The number of rotatable bonds is 10. The van der Waals surface area contributed by atoms with E-state index in [1.54, 1.807) is 18.1 Å². The van der Waals surface area contributed by atoms with Gasteiger partial charge in [0, 0.05) is 13.1 Å². The van der Waals surface area contributed by atoms with Crippen molar-refractivity contribution >= 4 is 45.0 Å². The molecule has 0 N–H and O–H groups in total. The molecule has 6 nitrogen and oxygen atoms in total. The number of anilines is 1. The number of aromatic nitrogens is 1. The number of fused-ring (bicyclic) bond motifs is 1. The van der Waals surface area contributed by atoms with Crippen LogP contribution in [0.2, 0.25) is 0 Å². The Kier molecular flexibility index (Phi) is 9.48. The van der Waals surface area contributed by atoms with Gasteiger partial charge in [-0.25, -0.2) is 4.98 Å². The molecule has 184 valence electrons. The predicted molar refractivity (Wildman–Crippen MR) is 146 cm³/mol. The Labute approximate surface area is 216 Å². The number of benzene rings is 3. The number of likely N-dealkylation sites (N-methyl/N-ethyl adjacent to an activating group) is 1. The molecular formula is C27H30ClN3O3S. The molecule has 4 rings (SSSR count). The average molecular weight is 512 g/mol. The van der Waals surface area contributed by atoms with Crippen LogP contribution in [0.15, 0.2) is 72.8 Å². The van der Waals surface area contributed by atoms with E-state index >= 15 is 0 Å². The molecule has 3 aromatic carbocycles. The fraction of sp³-hybridized carbons (Fsp3) is 0.259. The highest BCUT2D eigenvalue weighted by Crippen LogP contribution is 2.35. The van der Waals surface area contributed by atoms with E-state index in [1.807, 2.05) is 66.7 Å². The van der Waals surface area contributed by atoms with E-state index < -0.39 is 0 Å². The van der Waals surface area contributed by atoms with Gasteiger partial charge in [-0.2, -0.15) is 0 Å². The lowest BCUT2D eigenvalue weighted by atomic mass is 10.1. The molecule has 8 heteroatoms. The van der Waals surface area contributed by atoms with E-state index in [0.29, 0.717) is 34.5 Å². The van der Waals surface area contributed by atoms with Gasteiger partial charge in [-0.3, -0.25) is 9.69 Å². The SMILES string of the molecule is CCN(CC)CCN(C(=O)c1ccccc1Oc1ccccc1)c1nc2c(OC)cccc2s1.Cl. The molecule has 0 spiro atoms. The molecule has 4 aromatic rings. The van der Waals surface area contributed by atoms with Gasteiger partial charge in [0.15, 0.2) is 5.13 Å². The topological polar surface area (TPSA) is 54.9 Å². The Balaban J connectivity index is 0.00000342. The van der Waals surface area contributed by atoms with Crippen LogP contribution in [0, 0.1) is 0 Å². The third-order valence-electron chi connectivity index (χ3n) is 5.69. The molecule has 1 heterocycles. The fourth-order valence-electron chi connectivity index (χ4n) is 3.75. The van der Waals surface area contributed by atoms with Crippen molar-refractivity contribution in [2.45, 2.75) is 13.8 Å². The predicted octanol–water partition coefficient (Wildman–Crippen LogP) is 6.51. The first-order chi connectivity index (χ1) is 16.6. The van der Waals surface area contributed by atoms with Crippen LogP contribution < -0.4 is 14.4 Å². The highest BCUT2D eigenvalue weighted by Gasteiger charge is 2.25. The van der Waals surface area contributed by atoms with Crippen molar-refractivity contribution in [2.24, 2.45) is 0 Å². The van der Waals surface area contributed by atoms with Crippen LogP contribution in [0.1, 0.15) is 24.2 Å². The zero-order chi connectivity index (χ0) is 23.9. The Morgan fingerprint density at radius 3 is 2.29 bits per heavy atom. The fourth-order valence-corrected chi connectivity index (χ4v) is 4.76. The number of hydrogen-bond donors (Lipinski definition) is 0. The van der Waals surface area contributed by atoms with Crippen LogP contribution in [0.25, 0.3) is 10.2 Å². The first-order valence-electron chi connectivity index (χ1n) is 11.4. The van der Waals surface area contributed by atoms with Crippen LogP contribution in [-0.2, 0) is 0 Å². The minimum atomic E-state index is -0.142. The quantitative estimate of drug-likeness (QED) is 0.243. The second kappa shape index (κ2) is 12.5. The molecule has 0 aliphatic rings. The summed E-state index contributed by atoms with van der Waals surface area (Å²) in [5.41, 5.74) is 1.26. The summed E-state index contributed by atoms with van der Waals surface area (Å²) in [6.45, 7) is 7.35. The van der Waals surface area contributed by atoms with Gasteiger partial charge in [0.05, 0.1) is 17.4 Å². The maximum absolute atomic E-state index is 13.9. The van der Waals surface area contributed by atoms with Crippen molar-refractivity contribution in [3.8, 4) is 17.2 Å². The van der Waals surface area contributed by atoms with Crippen LogP contribution in [0.3, 0.4) is 0 Å². The highest BCUT2D eigenvalue weighted by molar-refractivity contribution is 7.22. The second-order valence-corrected chi connectivity index (χ2v) is 8.71. The molecule has 0 unspecified atom stereocenters. The molecule has 1 amide bonds. The number of amides is 1. The molecule has 0 bridgehead atoms. The van der Waals surface area contributed by atoms with Crippen LogP contribution >= 0.6 is 23.7 Å². The summed E-state index contributed by atoms with van der Waals surface area (Å²) in [6.07, 6.45) is 0. The lowest BCUT2D eigenvalue weighted by molar-refractivity contribution is 0.0981. The van der Waals surface area contributed by atoms with Gasteiger partial charge in [-0.1, -0.05) is 61.6 Å². The number of methoxy groups -OCH3 is 1. The third-order valence-corrected chi connectivity index (χ3v) is 6.73. The number of para-hydroxylation sites is 3. The number of hydrogen-bond acceptors (Lipinski definition) is 6. The van der Waals surface area contributed by atoms with Crippen molar-refractivity contribution < 1.29 is 14.3 Å². The summed E-state index contributed by atoms with van der Waals surface area (Å²) in [5.74, 6) is 1.76. The summed E-state index contributed by atoms with van der Waals surface area (Å²) in [4.78, 5) is 22.8. The molecule has 35 heavy (non-hydrogen) atoms. The molecular weight excluding hydrogens is 482 g/mol. The number of carbonyl (C=O) groups is 1. The van der Waals surface area contributed by atoms with Gasteiger partial charge in [0.25, 0.3) is 5.91 Å². The highest BCUT2D eigenvalue weighted by atomic mass is 35.5. The van der Waals surface area contributed by atoms with Crippen molar-refractivity contribution in [3.05, 3.63) is 78.4 Å². The smallest absolute Gasteiger partial charge is 0.263 e. The molecule has 0 aliphatic heterocycles. The molecule has 0 fully saturated rings. The van der Waals surface area contributed by atoms with Gasteiger partial charge < -0.3 is 14.4 Å². The molecule has 0 radical (unpaired) electrons. The Morgan fingerprint density at radius 1 is 0.886 bits per heavy atom. The minimum Gasteiger partial charge on any atom is -0.494 e. The lowest BCUT2D eigenvalue weighted by Gasteiger charge is -2.25. The summed E-state index contributed by atoms with van der Waals surface area (Å²) in [6, 6.07) is 22.7. The van der Waals surface area contributed by atoms with E-state index in [2.05, 4.69) is 18.7 Å². The van der Waals surface area contributed by atoms with E-state index in [9.17, 15) is 4.79 Å². The molecule has 1 aromatic heterocycles. The van der Waals surface area contributed by atoms with Gasteiger partial charge in [-0.15, -0.1) is 12.4 Å². The van der Waals surface area contributed by atoms with Crippen LogP contribution in [0.5, 0.6) is 17.2 Å². The molecule has 0 saturated carbocycles. The van der Waals surface area contributed by atoms with Crippen LogP contribution in [0.4, 0.5) is 5.13 Å². The van der Waals surface area contributed by atoms with E-state index in [4.69, 9.17) is 14.5 Å².